The number of hydrogen-bond acceptors (Lipinski definition) is 5. The number of amides is 4. The quantitative estimate of drug-likeness (QED) is 0.599. The molecule has 0 heterocycles. The summed E-state index contributed by atoms with van der Waals surface area (Å²) in [4.78, 5) is 35.6. The van der Waals surface area contributed by atoms with Crippen LogP contribution in [0.2, 0.25) is 0 Å². The number of ether oxygens (including phenoxy) is 2. The van der Waals surface area contributed by atoms with E-state index in [-0.39, 0.29) is 19.0 Å². The van der Waals surface area contributed by atoms with Gasteiger partial charge in [-0.15, -0.1) is 0 Å². The molecule has 4 N–H and O–H groups in total. The maximum Gasteiger partial charge on any atom is 0.312 e. The van der Waals surface area contributed by atoms with Crippen LogP contribution in [-0.2, 0) is 9.59 Å². The first-order chi connectivity index (χ1) is 11.9. The molecule has 9 nitrogen and oxygen atoms in total. The average Bonchev–Trinajstić information content (AvgIpc) is 2.55. The van der Waals surface area contributed by atoms with Gasteiger partial charge in [0.1, 0.15) is 0 Å². The van der Waals surface area contributed by atoms with Gasteiger partial charge in [0.15, 0.2) is 11.5 Å². The van der Waals surface area contributed by atoms with Crippen molar-refractivity contribution in [3.63, 3.8) is 0 Å². The van der Waals surface area contributed by atoms with Crippen molar-refractivity contribution in [3.8, 4) is 11.5 Å². The minimum absolute atomic E-state index is 0.170. The number of nitrogens with zero attached hydrogens (tertiary/aromatic N) is 1. The van der Waals surface area contributed by atoms with Crippen molar-refractivity contribution >= 4 is 23.5 Å². The number of likely N-dealkylation sites (N-methyl/N-ethyl adjacent to an activating group) is 1. The third-order valence-electron chi connectivity index (χ3n) is 3.05. The van der Waals surface area contributed by atoms with E-state index in [1.807, 2.05) is 13.8 Å². The van der Waals surface area contributed by atoms with Gasteiger partial charge in [-0.2, -0.15) is 0 Å². The monoisotopic (exact) mass is 352 g/mol. The Hall–Kier alpha value is -2.97. The Morgan fingerprint density at radius 2 is 1.76 bits per heavy atom. The molecule has 0 saturated heterocycles. The van der Waals surface area contributed by atoms with Crippen LogP contribution in [0.4, 0.5) is 10.5 Å². The zero-order chi connectivity index (χ0) is 18.8. The van der Waals surface area contributed by atoms with E-state index in [1.165, 1.54) is 11.9 Å². The normalized spacial score (nSPS) is 9.88. The molecule has 0 unspecified atom stereocenters. The molecule has 0 spiro atoms. The van der Waals surface area contributed by atoms with E-state index >= 15 is 0 Å². The van der Waals surface area contributed by atoms with Crippen molar-refractivity contribution in [1.82, 2.24) is 10.2 Å². The summed E-state index contributed by atoms with van der Waals surface area (Å²) in [5.41, 5.74) is 5.42. The van der Waals surface area contributed by atoms with Crippen LogP contribution in [0.3, 0.4) is 0 Å². The SMILES string of the molecule is CCOc1ccc(NC(=O)CN(C)C(=O)CNC(N)=O)cc1OCC. The molecular weight excluding hydrogens is 328 g/mol. The van der Waals surface area contributed by atoms with Crippen LogP contribution in [-0.4, -0.2) is 56.1 Å². The van der Waals surface area contributed by atoms with Gasteiger partial charge >= 0.3 is 6.03 Å². The summed E-state index contributed by atoms with van der Waals surface area (Å²) in [5, 5.41) is 4.85. The predicted octanol–water partition coefficient (Wildman–Crippen LogP) is 0.549. The first-order valence-corrected chi connectivity index (χ1v) is 7.84. The van der Waals surface area contributed by atoms with E-state index in [9.17, 15) is 14.4 Å². The number of nitrogens with one attached hydrogen (secondary N) is 2. The van der Waals surface area contributed by atoms with Crippen molar-refractivity contribution in [2.24, 2.45) is 5.73 Å². The maximum absolute atomic E-state index is 12.1. The highest BCUT2D eigenvalue weighted by Gasteiger charge is 2.14. The second kappa shape index (κ2) is 10.0. The van der Waals surface area contributed by atoms with E-state index in [0.717, 1.165) is 0 Å². The van der Waals surface area contributed by atoms with Gasteiger partial charge in [-0.1, -0.05) is 0 Å². The van der Waals surface area contributed by atoms with Gasteiger partial charge in [0.25, 0.3) is 0 Å². The first kappa shape index (κ1) is 20.1. The Morgan fingerprint density at radius 3 is 2.36 bits per heavy atom. The maximum atomic E-state index is 12.1. The number of primary amides is 1. The van der Waals surface area contributed by atoms with Crippen LogP contribution < -0.4 is 25.8 Å². The molecule has 0 fully saturated rings. The molecule has 0 aliphatic rings. The summed E-state index contributed by atoms with van der Waals surface area (Å²) < 4.78 is 10.9. The molecule has 0 atom stereocenters. The summed E-state index contributed by atoms with van der Waals surface area (Å²) in [6.07, 6.45) is 0. The minimum Gasteiger partial charge on any atom is -0.490 e. The summed E-state index contributed by atoms with van der Waals surface area (Å²) in [6.45, 7) is 4.24. The third kappa shape index (κ3) is 6.98. The zero-order valence-electron chi connectivity index (χ0n) is 14.6. The van der Waals surface area contributed by atoms with Crippen LogP contribution in [0.5, 0.6) is 11.5 Å². The molecule has 4 amide bonds. The van der Waals surface area contributed by atoms with Crippen LogP contribution in [0, 0.1) is 0 Å². The van der Waals surface area contributed by atoms with Crippen molar-refractivity contribution < 1.29 is 23.9 Å². The van der Waals surface area contributed by atoms with E-state index in [4.69, 9.17) is 15.2 Å². The molecule has 0 bridgehead atoms. The standard InChI is InChI=1S/C16H24N4O5/c1-4-24-12-7-6-11(8-13(12)25-5-2)19-14(21)10-20(3)15(22)9-18-16(17)23/h6-8H,4-5,9-10H2,1-3H3,(H,19,21)(H3,17,18,23). The van der Waals surface area contributed by atoms with E-state index < -0.39 is 11.9 Å². The van der Waals surface area contributed by atoms with Gasteiger partial charge in [-0.3, -0.25) is 9.59 Å². The summed E-state index contributed by atoms with van der Waals surface area (Å²) in [6, 6.07) is 4.24. The van der Waals surface area contributed by atoms with Crippen molar-refractivity contribution in [2.45, 2.75) is 13.8 Å². The molecule has 0 saturated carbocycles. The van der Waals surface area contributed by atoms with Crippen LogP contribution >= 0.6 is 0 Å². The Balaban J connectivity index is 2.65. The van der Waals surface area contributed by atoms with Crippen molar-refractivity contribution in [2.75, 3.05) is 38.7 Å². The summed E-state index contributed by atoms with van der Waals surface area (Å²) >= 11 is 0. The predicted molar refractivity (Wildman–Crippen MR) is 92.6 cm³/mol. The molecule has 1 rings (SSSR count). The fraction of sp³-hybridized carbons (Fsp3) is 0.438. The van der Waals surface area contributed by atoms with Crippen LogP contribution in [0.1, 0.15) is 13.8 Å². The molecule has 25 heavy (non-hydrogen) atoms. The Morgan fingerprint density at radius 1 is 1.12 bits per heavy atom. The average molecular weight is 352 g/mol. The number of nitrogens with two attached hydrogens (primary N) is 1. The topological polar surface area (TPSA) is 123 Å². The zero-order valence-corrected chi connectivity index (χ0v) is 14.6. The van der Waals surface area contributed by atoms with Gasteiger partial charge in [0.05, 0.1) is 26.3 Å². The summed E-state index contributed by atoms with van der Waals surface area (Å²) in [7, 11) is 1.45. The number of urea groups is 1. The Bertz CT molecular complexity index is 621. The minimum atomic E-state index is -0.802. The number of rotatable bonds is 9. The second-order valence-electron chi connectivity index (χ2n) is 5.04. The fourth-order valence-electron chi connectivity index (χ4n) is 1.93. The molecular formula is C16H24N4O5. The Kier molecular flexibility index (Phi) is 8.04. The van der Waals surface area contributed by atoms with Crippen molar-refractivity contribution in [1.29, 1.82) is 0 Å². The van der Waals surface area contributed by atoms with Crippen LogP contribution in [0.15, 0.2) is 18.2 Å². The fourth-order valence-corrected chi connectivity index (χ4v) is 1.93. The molecule has 0 aliphatic heterocycles. The number of benzene rings is 1. The molecule has 1 aromatic rings. The number of carbonyl (C=O) groups excluding carboxylic acids is 3. The van der Waals surface area contributed by atoms with Gasteiger partial charge in [-0.05, 0) is 26.0 Å². The lowest BCUT2D eigenvalue weighted by Gasteiger charge is -2.17. The molecule has 1 aromatic carbocycles. The lowest BCUT2D eigenvalue weighted by Crippen LogP contribution is -2.42. The van der Waals surface area contributed by atoms with Crippen molar-refractivity contribution in [3.05, 3.63) is 18.2 Å². The smallest absolute Gasteiger partial charge is 0.312 e. The third-order valence-corrected chi connectivity index (χ3v) is 3.05. The van der Waals surface area contributed by atoms with E-state index in [2.05, 4.69) is 10.6 Å². The lowest BCUT2D eigenvalue weighted by atomic mass is 10.2. The van der Waals surface area contributed by atoms with Crippen LogP contribution in [0.25, 0.3) is 0 Å². The molecule has 0 radical (unpaired) electrons. The van der Waals surface area contributed by atoms with Gasteiger partial charge in [-0.25, -0.2) is 4.79 Å². The molecule has 0 aromatic heterocycles. The number of hydrogen-bond donors (Lipinski definition) is 3. The highest BCUT2D eigenvalue weighted by atomic mass is 16.5. The molecule has 0 aliphatic carbocycles. The number of anilines is 1. The largest absolute Gasteiger partial charge is 0.490 e. The second-order valence-corrected chi connectivity index (χ2v) is 5.04. The number of carbonyl (C=O) groups is 3. The van der Waals surface area contributed by atoms with Gasteiger partial charge < -0.3 is 30.7 Å². The Labute approximate surface area is 146 Å². The summed E-state index contributed by atoms with van der Waals surface area (Å²) in [5.74, 6) is 0.293. The molecule has 9 heteroatoms. The highest BCUT2D eigenvalue weighted by Crippen LogP contribution is 2.30. The highest BCUT2D eigenvalue weighted by molar-refractivity contribution is 5.95. The molecule has 138 valence electrons. The first-order valence-electron chi connectivity index (χ1n) is 7.84. The van der Waals surface area contributed by atoms with E-state index in [1.54, 1.807) is 18.2 Å². The van der Waals surface area contributed by atoms with Gasteiger partial charge in [0, 0.05) is 18.8 Å². The lowest BCUT2D eigenvalue weighted by molar-refractivity contribution is -0.132. The van der Waals surface area contributed by atoms with Gasteiger partial charge in [0.2, 0.25) is 11.8 Å². The van der Waals surface area contributed by atoms with E-state index in [0.29, 0.717) is 30.4 Å².